The zero-order valence-electron chi connectivity index (χ0n) is 40.7. The van der Waals surface area contributed by atoms with Crippen LogP contribution >= 0.6 is 0 Å². The molecule has 0 radical (unpaired) electrons. The van der Waals surface area contributed by atoms with E-state index >= 15 is 0 Å². The number of allylic oxidation sites excluding steroid dienone is 22. The van der Waals surface area contributed by atoms with Crippen LogP contribution in [0.4, 0.5) is 0 Å². The quantitative estimate of drug-likeness (QED) is 0.0200. The summed E-state index contributed by atoms with van der Waals surface area (Å²) in [6.45, 7) is 6.24. The zero-order valence-corrected chi connectivity index (χ0v) is 40.7. The van der Waals surface area contributed by atoms with Gasteiger partial charge in [-0.05, 0) is 103 Å². The van der Waals surface area contributed by atoms with E-state index in [9.17, 15) is 14.4 Å². The van der Waals surface area contributed by atoms with Gasteiger partial charge in [0.25, 0.3) is 0 Å². The Kier molecular flexibility index (Phi) is 47.6. The fourth-order valence-electron chi connectivity index (χ4n) is 6.24. The minimum absolute atomic E-state index is 0.132. The number of hydrogen-bond acceptors (Lipinski definition) is 6. The van der Waals surface area contributed by atoms with E-state index in [4.69, 9.17) is 14.2 Å². The summed E-state index contributed by atoms with van der Waals surface area (Å²) in [4.78, 5) is 37.9. The average molecular weight is 883 g/mol. The summed E-state index contributed by atoms with van der Waals surface area (Å²) in [5, 5.41) is 0. The summed E-state index contributed by atoms with van der Waals surface area (Å²) in [5.41, 5.74) is 0. The van der Waals surface area contributed by atoms with Crippen molar-refractivity contribution in [1.29, 1.82) is 0 Å². The van der Waals surface area contributed by atoms with Crippen molar-refractivity contribution in [2.75, 3.05) is 13.2 Å². The van der Waals surface area contributed by atoms with Crippen molar-refractivity contribution < 1.29 is 28.6 Å². The van der Waals surface area contributed by atoms with Crippen LogP contribution in [0, 0.1) is 0 Å². The van der Waals surface area contributed by atoms with Crippen LogP contribution in [0.5, 0.6) is 0 Å². The molecule has 1 atom stereocenters. The molecule has 0 aromatic carbocycles. The molecule has 0 rings (SSSR count). The van der Waals surface area contributed by atoms with Crippen LogP contribution < -0.4 is 0 Å². The smallest absolute Gasteiger partial charge is 0.306 e. The predicted octanol–water partition coefficient (Wildman–Crippen LogP) is 16.7. The number of rotatable bonds is 43. The molecule has 64 heavy (non-hydrogen) atoms. The molecule has 0 bridgehead atoms. The fourth-order valence-corrected chi connectivity index (χ4v) is 6.24. The standard InChI is InChI=1S/C58H90O6/c1-4-7-10-13-16-19-22-25-27-29-31-33-36-39-42-45-48-51-57(60)63-54-55(53-62-56(59)50-47-44-41-38-35-32-24-21-18-15-12-9-6-3)64-58(61)52-49-46-43-40-37-34-30-28-26-23-20-17-14-11-8-5-2/h7,9-10,12,15-16,18-19,21,24-25,27-28,30-35,37,39,42,55H,4-6,8,11,13-14,17,20,22-23,26,29,36,38,40-41,43-54H2,1-3H3/b10-7-,12-9-,18-15-,19-16-,24-21-,27-25-,30-28-,33-31-,35-32-,37-34-,42-39-. The van der Waals surface area contributed by atoms with Crippen LogP contribution in [0.25, 0.3) is 0 Å². The molecule has 0 aromatic heterocycles. The normalized spacial score (nSPS) is 13.2. The lowest BCUT2D eigenvalue weighted by atomic mass is 10.1. The molecule has 0 N–H and O–H groups in total. The van der Waals surface area contributed by atoms with Crippen LogP contribution in [0.3, 0.4) is 0 Å². The molecule has 0 heterocycles. The Labute approximate surface area is 392 Å². The van der Waals surface area contributed by atoms with Gasteiger partial charge in [-0.25, -0.2) is 0 Å². The summed E-state index contributed by atoms with van der Waals surface area (Å²) < 4.78 is 16.7. The van der Waals surface area contributed by atoms with E-state index in [-0.39, 0.29) is 44.0 Å². The third-order valence-corrected chi connectivity index (χ3v) is 9.99. The van der Waals surface area contributed by atoms with E-state index in [1.807, 2.05) is 36.5 Å². The van der Waals surface area contributed by atoms with Gasteiger partial charge in [-0.1, -0.05) is 206 Å². The molecule has 6 heteroatoms. The van der Waals surface area contributed by atoms with Crippen LogP contribution in [0.1, 0.15) is 194 Å². The molecular weight excluding hydrogens is 793 g/mol. The van der Waals surface area contributed by atoms with Gasteiger partial charge in [-0.3, -0.25) is 14.4 Å². The van der Waals surface area contributed by atoms with E-state index in [2.05, 4.69) is 118 Å². The maximum atomic E-state index is 12.8. The Balaban J connectivity index is 4.61. The Morgan fingerprint density at radius 3 is 1.20 bits per heavy atom. The molecule has 0 aliphatic rings. The van der Waals surface area contributed by atoms with Gasteiger partial charge in [0.05, 0.1) is 0 Å². The predicted molar refractivity (Wildman–Crippen MR) is 274 cm³/mol. The highest BCUT2D eigenvalue weighted by Gasteiger charge is 2.19. The van der Waals surface area contributed by atoms with E-state index < -0.39 is 6.10 Å². The third kappa shape index (κ3) is 48.6. The fraction of sp³-hybridized carbons (Fsp3) is 0.569. The molecular formula is C58H90O6. The number of hydrogen-bond donors (Lipinski definition) is 0. The summed E-state index contributed by atoms with van der Waals surface area (Å²) in [6, 6.07) is 0. The zero-order chi connectivity index (χ0) is 46.5. The van der Waals surface area contributed by atoms with Crippen LogP contribution in [-0.4, -0.2) is 37.2 Å². The minimum Gasteiger partial charge on any atom is -0.462 e. The summed E-state index contributed by atoms with van der Waals surface area (Å²) in [5.74, 6) is -1.07. The molecule has 6 nitrogen and oxygen atoms in total. The van der Waals surface area contributed by atoms with Crippen molar-refractivity contribution in [2.24, 2.45) is 0 Å². The van der Waals surface area contributed by atoms with Crippen LogP contribution in [0.2, 0.25) is 0 Å². The summed E-state index contributed by atoms with van der Waals surface area (Å²) >= 11 is 0. The highest BCUT2D eigenvalue weighted by atomic mass is 16.6. The molecule has 0 saturated heterocycles. The molecule has 0 spiro atoms. The van der Waals surface area contributed by atoms with E-state index in [1.165, 1.54) is 44.9 Å². The van der Waals surface area contributed by atoms with Crippen molar-refractivity contribution in [2.45, 2.75) is 200 Å². The Bertz CT molecular complexity index is 1430. The Morgan fingerprint density at radius 1 is 0.344 bits per heavy atom. The van der Waals surface area contributed by atoms with Crippen LogP contribution in [-0.2, 0) is 28.6 Å². The van der Waals surface area contributed by atoms with Gasteiger partial charge in [0.2, 0.25) is 0 Å². The first-order valence-electron chi connectivity index (χ1n) is 25.3. The lowest BCUT2D eigenvalue weighted by Crippen LogP contribution is -2.30. The molecule has 0 aromatic rings. The highest BCUT2D eigenvalue weighted by Crippen LogP contribution is 2.11. The monoisotopic (exact) mass is 883 g/mol. The van der Waals surface area contributed by atoms with Gasteiger partial charge in [-0.15, -0.1) is 0 Å². The van der Waals surface area contributed by atoms with E-state index in [0.717, 1.165) is 96.3 Å². The second kappa shape index (κ2) is 51.2. The highest BCUT2D eigenvalue weighted by molar-refractivity contribution is 5.71. The molecule has 0 aliphatic carbocycles. The summed E-state index contributed by atoms with van der Waals surface area (Å²) in [7, 11) is 0. The van der Waals surface area contributed by atoms with Gasteiger partial charge >= 0.3 is 17.9 Å². The first kappa shape index (κ1) is 59.5. The Hall–Kier alpha value is -4.45. The molecule has 0 amide bonds. The number of carbonyl (C=O) groups excluding carboxylic acids is 3. The van der Waals surface area contributed by atoms with Gasteiger partial charge in [0, 0.05) is 19.3 Å². The largest absolute Gasteiger partial charge is 0.462 e. The third-order valence-electron chi connectivity index (χ3n) is 9.99. The second-order valence-electron chi connectivity index (χ2n) is 16.1. The lowest BCUT2D eigenvalue weighted by molar-refractivity contribution is -0.167. The molecule has 0 aliphatic heterocycles. The van der Waals surface area contributed by atoms with Gasteiger partial charge < -0.3 is 14.2 Å². The number of unbranched alkanes of at least 4 members (excludes halogenated alkanes) is 14. The van der Waals surface area contributed by atoms with Crippen molar-refractivity contribution in [3.05, 3.63) is 134 Å². The first-order chi connectivity index (χ1) is 31.5. The maximum Gasteiger partial charge on any atom is 0.306 e. The van der Waals surface area contributed by atoms with Crippen molar-refractivity contribution in [1.82, 2.24) is 0 Å². The second-order valence-corrected chi connectivity index (χ2v) is 16.1. The number of ether oxygens (including phenoxy) is 3. The minimum atomic E-state index is -0.835. The SMILES string of the molecule is CC\C=C/C=C\C=C/C=C\CCCCCC(=O)OCC(COC(=O)CCC/C=C\C/C=C\C/C=C\C/C=C\C/C=C\CC)OC(=O)CCCCC/C=C\C=C/CCCCCCCCC. The first-order valence-corrected chi connectivity index (χ1v) is 25.3. The maximum absolute atomic E-state index is 12.8. The van der Waals surface area contributed by atoms with Gasteiger partial charge in [-0.2, -0.15) is 0 Å². The number of carbonyl (C=O) groups is 3. The Morgan fingerprint density at radius 2 is 0.703 bits per heavy atom. The van der Waals surface area contributed by atoms with E-state index in [1.54, 1.807) is 0 Å². The van der Waals surface area contributed by atoms with Crippen molar-refractivity contribution in [3.63, 3.8) is 0 Å². The van der Waals surface area contributed by atoms with Crippen molar-refractivity contribution in [3.8, 4) is 0 Å². The summed E-state index contributed by atoms with van der Waals surface area (Å²) in [6.07, 6.45) is 71.6. The van der Waals surface area contributed by atoms with Gasteiger partial charge in [0.1, 0.15) is 13.2 Å². The van der Waals surface area contributed by atoms with Crippen LogP contribution in [0.15, 0.2) is 134 Å². The molecule has 0 fully saturated rings. The van der Waals surface area contributed by atoms with Crippen molar-refractivity contribution >= 4 is 17.9 Å². The average Bonchev–Trinajstić information content (AvgIpc) is 3.29. The van der Waals surface area contributed by atoms with Gasteiger partial charge in [0.15, 0.2) is 6.10 Å². The lowest BCUT2D eigenvalue weighted by Gasteiger charge is -2.18. The number of esters is 3. The molecule has 1 unspecified atom stereocenters. The van der Waals surface area contributed by atoms with E-state index in [0.29, 0.717) is 19.3 Å². The molecule has 358 valence electrons. The topological polar surface area (TPSA) is 78.9 Å². The molecule has 0 saturated carbocycles.